The second-order valence-corrected chi connectivity index (χ2v) is 5.69. The second-order valence-electron chi connectivity index (χ2n) is 3.94. The van der Waals surface area contributed by atoms with Crippen molar-refractivity contribution in [2.75, 3.05) is 25.2 Å². The number of nitrogens with one attached hydrogen (secondary N) is 1. The summed E-state index contributed by atoms with van der Waals surface area (Å²) in [5, 5.41) is 0. The molecule has 1 aromatic heterocycles. The predicted molar refractivity (Wildman–Crippen MR) is 69.7 cm³/mol. The van der Waals surface area contributed by atoms with Crippen LogP contribution in [0.2, 0.25) is 0 Å². The normalized spacial score (nSPS) is 12.6. The van der Waals surface area contributed by atoms with E-state index >= 15 is 0 Å². The van der Waals surface area contributed by atoms with E-state index in [2.05, 4.69) is 14.4 Å². The molecule has 0 spiro atoms. The van der Waals surface area contributed by atoms with Crippen molar-refractivity contribution in [3.8, 4) is 5.75 Å². The van der Waals surface area contributed by atoms with Crippen LogP contribution in [0.25, 0.3) is 0 Å². The Morgan fingerprint density at radius 3 is 2.53 bits per heavy atom. The molecule has 1 aromatic rings. The Morgan fingerprint density at radius 1 is 1.42 bits per heavy atom. The molecule has 0 aliphatic heterocycles. The van der Waals surface area contributed by atoms with Crippen LogP contribution in [0.4, 0.5) is 5.82 Å². The van der Waals surface area contributed by atoms with Crippen molar-refractivity contribution in [2.45, 2.75) is 12.8 Å². The number of sulfonamides is 1. The number of carbonyl (C=O) groups excluding carboxylic acids is 1. The third-order valence-electron chi connectivity index (χ3n) is 2.43. The van der Waals surface area contributed by atoms with E-state index in [9.17, 15) is 13.2 Å². The maximum atomic E-state index is 11.4. The highest BCUT2D eigenvalue weighted by Gasteiger charge is 2.19. The lowest BCUT2D eigenvalue weighted by molar-refractivity contribution is -0.142. The van der Waals surface area contributed by atoms with Crippen LogP contribution in [-0.2, 0) is 19.6 Å². The lowest BCUT2D eigenvalue weighted by Gasteiger charge is -2.13. The molecule has 0 bridgehead atoms. The molecule has 1 atom stereocenters. The van der Waals surface area contributed by atoms with Crippen molar-refractivity contribution in [1.29, 1.82) is 0 Å². The van der Waals surface area contributed by atoms with E-state index in [4.69, 9.17) is 4.74 Å². The van der Waals surface area contributed by atoms with Crippen molar-refractivity contribution < 1.29 is 22.7 Å². The molecule has 1 N–H and O–H groups in total. The number of nitrogens with zero attached hydrogens (tertiary/aromatic N) is 1. The van der Waals surface area contributed by atoms with E-state index in [0.717, 1.165) is 6.26 Å². The van der Waals surface area contributed by atoms with Gasteiger partial charge in [-0.1, -0.05) is 0 Å². The molecule has 106 valence electrons. The molecule has 0 saturated heterocycles. The summed E-state index contributed by atoms with van der Waals surface area (Å²) in [5.74, 6) is -0.615. The van der Waals surface area contributed by atoms with E-state index in [1.54, 1.807) is 13.0 Å². The Balaban J connectivity index is 3.12. The fourth-order valence-corrected chi connectivity index (χ4v) is 1.92. The van der Waals surface area contributed by atoms with Crippen LogP contribution in [0.5, 0.6) is 5.75 Å². The number of esters is 1. The van der Waals surface area contributed by atoms with Gasteiger partial charge in [-0.05, 0) is 18.6 Å². The van der Waals surface area contributed by atoms with Gasteiger partial charge in [-0.25, -0.2) is 13.4 Å². The highest BCUT2D eigenvalue weighted by Crippen LogP contribution is 2.27. The van der Waals surface area contributed by atoms with E-state index in [1.807, 2.05) is 0 Å². The maximum absolute atomic E-state index is 11.4. The maximum Gasteiger partial charge on any atom is 0.312 e. The molecule has 0 saturated carbocycles. The first-order chi connectivity index (χ1) is 8.78. The average molecular weight is 288 g/mol. The third-order valence-corrected chi connectivity index (χ3v) is 2.99. The van der Waals surface area contributed by atoms with Crippen molar-refractivity contribution in [1.82, 2.24) is 4.98 Å². The number of aromatic nitrogens is 1. The molecule has 19 heavy (non-hydrogen) atoms. The van der Waals surface area contributed by atoms with Gasteiger partial charge < -0.3 is 9.47 Å². The van der Waals surface area contributed by atoms with Crippen LogP contribution in [0.15, 0.2) is 12.3 Å². The van der Waals surface area contributed by atoms with Crippen molar-refractivity contribution >= 4 is 21.8 Å². The van der Waals surface area contributed by atoms with Crippen LogP contribution in [0, 0.1) is 0 Å². The molecule has 0 amide bonds. The molecule has 1 unspecified atom stereocenters. The molecule has 7 nitrogen and oxygen atoms in total. The average Bonchev–Trinajstić information content (AvgIpc) is 2.35. The number of hydrogen-bond acceptors (Lipinski definition) is 6. The third kappa shape index (κ3) is 4.09. The number of anilines is 1. The summed E-state index contributed by atoms with van der Waals surface area (Å²) in [7, 11) is -0.767. The van der Waals surface area contributed by atoms with Gasteiger partial charge in [-0.15, -0.1) is 0 Å². The van der Waals surface area contributed by atoms with Gasteiger partial charge in [0.2, 0.25) is 10.0 Å². The molecule has 0 aliphatic carbocycles. The molecule has 0 aliphatic rings. The summed E-state index contributed by atoms with van der Waals surface area (Å²) < 4.78 is 34.2. The number of hydrogen-bond donors (Lipinski definition) is 1. The quantitative estimate of drug-likeness (QED) is 0.803. The van der Waals surface area contributed by atoms with E-state index < -0.39 is 21.9 Å². The van der Waals surface area contributed by atoms with Gasteiger partial charge in [0.1, 0.15) is 0 Å². The van der Waals surface area contributed by atoms with E-state index in [-0.39, 0.29) is 11.6 Å². The molecule has 0 aromatic carbocycles. The standard InChI is InChI=1S/C11H16N2O5S/c1-7(11(14)18-3)8-5-9(17-2)10(12-6-8)13-19(4,15)16/h5-7H,1-4H3,(H,12,13). The Bertz CT molecular complexity index is 570. The fraction of sp³-hybridized carbons (Fsp3) is 0.455. The number of methoxy groups -OCH3 is 2. The zero-order valence-corrected chi connectivity index (χ0v) is 11.9. The number of pyridine rings is 1. The molecule has 1 heterocycles. The minimum absolute atomic E-state index is 0.0748. The smallest absolute Gasteiger partial charge is 0.312 e. The molecule has 0 radical (unpaired) electrons. The van der Waals surface area contributed by atoms with Crippen LogP contribution in [0.3, 0.4) is 0 Å². The highest BCUT2D eigenvalue weighted by atomic mass is 32.2. The van der Waals surface area contributed by atoms with Gasteiger partial charge in [0.25, 0.3) is 0 Å². The first kappa shape index (κ1) is 15.2. The summed E-state index contributed by atoms with van der Waals surface area (Å²) in [5.41, 5.74) is 0.572. The van der Waals surface area contributed by atoms with Crippen LogP contribution < -0.4 is 9.46 Å². The van der Waals surface area contributed by atoms with Crippen molar-refractivity contribution in [3.05, 3.63) is 17.8 Å². The zero-order chi connectivity index (χ0) is 14.6. The van der Waals surface area contributed by atoms with Crippen LogP contribution in [0.1, 0.15) is 18.4 Å². The number of carbonyl (C=O) groups is 1. The Kier molecular flexibility index (Phi) is 4.71. The summed E-state index contributed by atoms with van der Waals surface area (Å²) in [6, 6.07) is 1.54. The van der Waals surface area contributed by atoms with Gasteiger partial charge >= 0.3 is 5.97 Å². The van der Waals surface area contributed by atoms with Gasteiger partial charge in [-0.3, -0.25) is 9.52 Å². The lowest BCUT2D eigenvalue weighted by Crippen LogP contribution is -2.14. The zero-order valence-electron chi connectivity index (χ0n) is 11.1. The molecule has 1 rings (SSSR count). The molecule has 8 heteroatoms. The SMILES string of the molecule is COC(=O)C(C)c1cnc(NS(C)(=O)=O)c(OC)c1. The minimum atomic E-state index is -3.45. The summed E-state index contributed by atoms with van der Waals surface area (Å²) >= 11 is 0. The Hall–Kier alpha value is -1.83. The van der Waals surface area contributed by atoms with Crippen LogP contribution >= 0.6 is 0 Å². The first-order valence-electron chi connectivity index (χ1n) is 5.38. The summed E-state index contributed by atoms with van der Waals surface area (Å²) in [4.78, 5) is 15.4. The number of ether oxygens (including phenoxy) is 2. The lowest BCUT2D eigenvalue weighted by atomic mass is 10.0. The number of rotatable bonds is 5. The summed E-state index contributed by atoms with van der Waals surface area (Å²) in [6.07, 6.45) is 2.41. The van der Waals surface area contributed by atoms with Gasteiger partial charge in [0.15, 0.2) is 11.6 Å². The second kappa shape index (κ2) is 5.87. The Labute approximate surface area is 112 Å². The topological polar surface area (TPSA) is 94.6 Å². The molecule has 0 fully saturated rings. The van der Waals surface area contributed by atoms with Gasteiger partial charge in [0.05, 0.1) is 26.4 Å². The minimum Gasteiger partial charge on any atom is -0.493 e. The summed E-state index contributed by atoms with van der Waals surface area (Å²) in [6.45, 7) is 1.66. The predicted octanol–water partition coefficient (Wildman–Crippen LogP) is 0.738. The first-order valence-corrected chi connectivity index (χ1v) is 7.27. The Morgan fingerprint density at radius 2 is 2.05 bits per heavy atom. The van der Waals surface area contributed by atoms with Crippen molar-refractivity contribution in [3.63, 3.8) is 0 Å². The highest BCUT2D eigenvalue weighted by molar-refractivity contribution is 7.92. The van der Waals surface area contributed by atoms with Gasteiger partial charge in [-0.2, -0.15) is 0 Å². The molecular formula is C11H16N2O5S. The van der Waals surface area contributed by atoms with Crippen LogP contribution in [-0.4, -0.2) is 39.8 Å². The van der Waals surface area contributed by atoms with E-state index in [0.29, 0.717) is 5.56 Å². The van der Waals surface area contributed by atoms with Gasteiger partial charge in [0, 0.05) is 6.20 Å². The molecular weight excluding hydrogens is 272 g/mol. The van der Waals surface area contributed by atoms with E-state index in [1.165, 1.54) is 20.4 Å². The largest absolute Gasteiger partial charge is 0.493 e. The van der Waals surface area contributed by atoms with Crippen molar-refractivity contribution in [2.24, 2.45) is 0 Å². The fourth-order valence-electron chi connectivity index (χ4n) is 1.42. The monoisotopic (exact) mass is 288 g/mol.